The molecule has 5 rings (SSSR count). The maximum absolute atomic E-state index is 4.92. The summed E-state index contributed by atoms with van der Waals surface area (Å²) in [6.07, 6.45) is 0.957. The first-order chi connectivity index (χ1) is 12.7. The summed E-state index contributed by atoms with van der Waals surface area (Å²) in [7, 11) is 0. The van der Waals surface area contributed by atoms with Crippen LogP contribution in [0.25, 0.3) is 44.3 Å². The van der Waals surface area contributed by atoms with Crippen LogP contribution in [0.1, 0.15) is 23.7 Å². The van der Waals surface area contributed by atoms with Gasteiger partial charge in [-0.15, -0.1) is 0 Å². The first kappa shape index (κ1) is 15.3. The highest BCUT2D eigenvalue weighted by Crippen LogP contribution is 2.50. The van der Waals surface area contributed by atoms with Crippen molar-refractivity contribution in [3.05, 3.63) is 77.5 Å². The van der Waals surface area contributed by atoms with Crippen LogP contribution in [0, 0.1) is 13.8 Å². The third-order valence-electron chi connectivity index (χ3n) is 5.54. The van der Waals surface area contributed by atoms with Gasteiger partial charge in [0.05, 0.1) is 5.69 Å². The Balaban J connectivity index is 1.88. The molecule has 0 bridgehead atoms. The molecule has 26 heavy (non-hydrogen) atoms. The average Bonchev–Trinajstić information content (AvgIpc) is 2.96. The average molecular weight is 335 g/mol. The van der Waals surface area contributed by atoms with Gasteiger partial charge in [0.15, 0.2) is 0 Å². The van der Waals surface area contributed by atoms with Crippen molar-refractivity contribution in [3.8, 4) is 33.5 Å². The summed E-state index contributed by atoms with van der Waals surface area (Å²) in [5.74, 6) is 0. The number of pyridine rings is 1. The lowest BCUT2D eigenvalue weighted by atomic mass is 9.92. The quantitative estimate of drug-likeness (QED) is 0.348. The number of aromatic nitrogens is 1. The maximum Gasteiger partial charge on any atom is 0.0714 e. The second-order valence-corrected chi connectivity index (χ2v) is 7.26. The number of aryl methyl sites for hydroxylation is 3. The van der Waals surface area contributed by atoms with Gasteiger partial charge in [-0.1, -0.05) is 61.0 Å². The predicted molar refractivity (Wildman–Crippen MR) is 110 cm³/mol. The smallest absolute Gasteiger partial charge is 0.0714 e. The summed E-state index contributed by atoms with van der Waals surface area (Å²) in [6, 6.07) is 22.2. The summed E-state index contributed by atoms with van der Waals surface area (Å²) in [5, 5.41) is 2.68. The van der Waals surface area contributed by atoms with Crippen LogP contribution in [0.15, 0.2) is 60.7 Å². The molecule has 1 aliphatic carbocycles. The highest BCUT2D eigenvalue weighted by atomic mass is 14.7. The molecule has 3 aromatic carbocycles. The molecule has 1 nitrogen and oxygen atoms in total. The molecule has 0 radical (unpaired) electrons. The van der Waals surface area contributed by atoms with Gasteiger partial charge < -0.3 is 0 Å². The Hall–Kier alpha value is -2.93. The van der Waals surface area contributed by atoms with Crippen molar-refractivity contribution in [2.24, 2.45) is 0 Å². The molecular weight excluding hydrogens is 314 g/mol. The zero-order valence-electron chi connectivity index (χ0n) is 15.4. The van der Waals surface area contributed by atoms with E-state index in [0.29, 0.717) is 0 Å². The van der Waals surface area contributed by atoms with Crippen LogP contribution in [-0.4, -0.2) is 4.98 Å². The lowest BCUT2D eigenvalue weighted by Gasteiger charge is -2.13. The van der Waals surface area contributed by atoms with Crippen LogP contribution < -0.4 is 0 Å². The molecule has 0 saturated carbocycles. The number of fused-ring (bicyclic) bond motifs is 3. The first-order valence-corrected chi connectivity index (χ1v) is 9.31. The molecule has 0 aliphatic heterocycles. The van der Waals surface area contributed by atoms with Crippen molar-refractivity contribution < 1.29 is 0 Å². The van der Waals surface area contributed by atoms with Gasteiger partial charge in [-0.05, 0) is 71.0 Å². The van der Waals surface area contributed by atoms with Gasteiger partial charge >= 0.3 is 0 Å². The van der Waals surface area contributed by atoms with E-state index in [4.69, 9.17) is 4.98 Å². The number of rotatable bonds is 2. The molecule has 1 aliphatic rings. The fraction of sp³-hybridized carbons (Fsp3) is 0.160. The van der Waals surface area contributed by atoms with E-state index in [1.165, 1.54) is 49.7 Å². The highest BCUT2D eigenvalue weighted by molar-refractivity contribution is 6.19. The topological polar surface area (TPSA) is 12.9 Å². The molecule has 0 fully saturated rings. The fourth-order valence-corrected chi connectivity index (χ4v) is 4.33. The lowest BCUT2D eigenvalue weighted by Crippen LogP contribution is -1.94. The molecule has 1 heterocycles. The van der Waals surface area contributed by atoms with Crippen LogP contribution in [0.4, 0.5) is 0 Å². The molecule has 0 unspecified atom stereocenters. The fourth-order valence-electron chi connectivity index (χ4n) is 4.33. The van der Waals surface area contributed by atoms with Crippen LogP contribution in [0.3, 0.4) is 0 Å². The Morgan fingerprint density at radius 3 is 2.46 bits per heavy atom. The van der Waals surface area contributed by atoms with Gasteiger partial charge in [-0.25, -0.2) is 0 Å². The van der Waals surface area contributed by atoms with Gasteiger partial charge in [-0.3, -0.25) is 4.98 Å². The number of nitrogens with zero attached hydrogens (tertiary/aromatic N) is 1. The van der Waals surface area contributed by atoms with Gasteiger partial charge in [0.2, 0.25) is 0 Å². The van der Waals surface area contributed by atoms with Gasteiger partial charge in [0.25, 0.3) is 0 Å². The van der Waals surface area contributed by atoms with Gasteiger partial charge in [0.1, 0.15) is 0 Å². The van der Waals surface area contributed by atoms with Crippen LogP contribution in [-0.2, 0) is 6.42 Å². The third-order valence-corrected chi connectivity index (χ3v) is 5.54. The monoisotopic (exact) mass is 335 g/mol. The van der Waals surface area contributed by atoms with E-state index >= 15 is 0 Å². The van der Waals surface area contributed by atoms with E-state index in [1.54, 1.807) is 0 Å². The minimum Gasteiger partial charge on any atom is -0.253 e. The molecule has 126 valence electrons. The predicted octanol–water partition coefficient (Wildman–Crippen LogP) is 6.73. The zero-order chi connectivity index (χ0) is 17.8. The lowest BCUT2D eigenvalue weighted by molar-refractivity contribution is 1.04. The molecule has 0 N–H and O–H groups in total. The van der Waals surface area contributed by atoms with Crippen LogP contribution in [0.5, 0.6) is 0 Å². The number of hydrogen-bond donors (Lipinski definition) is 0. The molecule has 0 atom stereocenters. The highest BCUT2D eigenvalue weighted by Gasteiger charge is 2.24. The Bertz CT molecular complexity index is 1180. The molecule has 4 aromatic rings. The number of hydrogen-bond acceptors (Lipinski definition) is 1. The molecule has 0 amide bonds. The SMILES string of the molecule is CCc1cccc(-c2c(C)cc3c4c(cccc24)-c2ccc(C)cc2-3)n1. The van der Waals surface area contributed by atoms with E-state index < -0.39 is 0 Å². The summed E-state index contributed by atoms with van der Waals surface area (Å²) in [6.45, 7) is 6.54. The molecular formula is C25H21N. The van der Waals surface area contributed by atoms with Crippen molar-refractivity contribution in [3.63, 3.8) is 0 Å². The second kappa shape index (κ2) is 5.54. The Morgan fingerprint density at radius 1 is 0.769 bits per heavy atom. The van der Waals surface area contributed by atoms with Crippen molar-refractivity contribution in [1.29, 1.82) is 0 Å². The van der Waals surface area contributed by atoms with Crippen LogP contribution >= 0.6 is 0 Å². The maximum atomic E-state index is 4.92. The van der Waals surface area contributed by atoms with E-state index in [0.717, 1.165) is 17.8 Å². The summed E-state index contributed by atoms with van der Waals surface area (Å²) >= 11 is 0. The normalized spacial score (nSPS) is 11.8. The summed E-state index contributed by atoms with van der Waals surface area (Å²) in [5.41, 5.74) is 11.5. The standard InChI is InChI=1S/C25H21N/c1-4-17-7-5-10-23(26-17)24-16(3)14-22-21-13-15(2)11-12-18(21)19-8-6-9-20(24)25(19)22/h5-14H,4H2,1-3H3. The Kier molecular flexibility index (Phi) is 3.27. The second-order valence-electron chi connectivity index (χ2n) is 7.26. The van der Waals surface area contributed by atoms with Crippen molar-refractivity contribution in [2.45, 2.75) is 27.2 Å². The van der Waals surface area contributed by atoms with E-state index in [1.807, 2.05) is 0 Å². The summed E-state index contributed by atoms with van der Waals surface area (Å²) < 4.78 is 0. The molecule has 0 saturated heterocycles. The van der Waals surface area contributed by atoms with Crippen molar-refractivity contribution in [2.75, 3.05) is 0 Å². The molecule has 0 spiro atoms. The Morgan fingerprint density at radius 2 is 1.62 bits per heavy atom. The van der Waals surface area contributed by atoms with E-state index in [9.17, 15) is 0 Å². The van der Waals surface area contributed by atoms with E-state index in [2.05, 4.69) is 81.4 Å². The zero-order valence-corrected chi connectivity index (χ0v) is 15.4. The molecule has 1 aromatic heterocycles. The largest absolute Gasteiger partial charge is 0.253 e. The van der Waals surface area contributed by atoms with Gasteiger partial charge in [-0.2, -0.15) is 0 Å². The van der Waals surface area contributed by atoms with Crippen LogP contribution in [0.2, 0.25) is 0 Å². The van der Waals surface area contributed by atoms with E-state index in [-0.39, 0.29) is 0 Å². The van der Waals surface area contributed by atoms with Crippen molar-refractivity contribution >= 4 is 10.8 Å². The molecule has 1 heteroatoms. The summed E-state index contributed by atoms with van der Waals surface area (Å²) in [4.78, 5) is 4.92. The van der Waals surface area contributed by atoms with Gasteiger partial charge in [0, 0.05) is 11.3 Å². The Labute approximate surface area is 154 Å². The first-order valence-electron chi connectivity index (χ1n) is 9.31. The minimum absolute atomic E-state index is 0.957. The number of benzene rings is 3. The minimum atomic E-state index is 0.957. The third kappa shape index (κ3) is 2.07. The van der Waals surface area contributed by atoms with Crippen molar-refractivity contribution in [1.82, 2.24) is 4.98 Å².